The van der Waals surface area contributed by atoms with E-state index in [1.807, 2.05) is 42.7 Å². The third-order valence-corrected chi connectivity index (χ3v) is 3.38. The zero-order valence-electron chi connectivity index (χ0n) is 11.4. The molecule has 0 radical (unpaired) electrons. The molecule has 1 aromatic carbocycles. The monoisotopic (exact) mass is 260 g/mol. The summed E-state index contributed by atoms with van der Waals surface area (Å²) < 4.78 is 2.04. The van der Waals surface area contributed by atoms with Gasteiger partial charge in [-0.2, -0.15) is 0 Å². The largest absolute Gasteiger partial charge is 0.396 e. The van der Waals surface area contributed by atoms with Crippen molar-refractivity contribution in [1.29, 1.82) is 0 Å². The lowest BCUT2D eigenvalue weighted by Crippen LogP contribution is -2.27. The lowest BCUT2D eigenvalue weighted by atomic mass is 10.1. The fraction of sp³-hybridized carbons (Fsp3) is 0.400. The fourth-order valence-electron chi connectivity index (χ4n) is 2.46. The van der Waals surface area contributed by atoms with Crippen LogP contribution in [0.1, 0.15) is 29.4 Å². The first kappa shape index (κ1) is 13.6. The van der Waals surface area contributed by atoms with Crippen LogP contribution in [0.25, 0.3) is 10.9 Å². The van der Waals surface area contributed by atoms with E-state index in [0.29, 0.717) is 13.0 Å². The van der Waals surface area contributed by atoms with Crippen molar-refractivity contribution in [2.24, 2.45) is 0 Å². The van der Waals surface area contributed by atoms with Gasteiger partial charge in [0.2, 0.25) is 0 Å². The number of nitrogens with one attached hydrogen (secondary N) is 1. The standard InChI is InChI=1S/C15H20N2O2/c1-3-17-13-8-5-4-7-12(13)11(2)14(17)15(19)16-9-6-10-18/h4-5,7-8,18H,3,6,9-10H2,1-2H3,(H,16,19). The van der Waals surface area contributed by atoms with Gasteiger partial charge in [-0.25, -0.2) is 0 Å². The molecule has 1 aromatic heterocycles. The Labute approximate surface area is 113 Å². The van der Waals surface area contributed by atoms with E-state index in [4.69, 9.17) is 5.11 Å². The number of aromatic nitrogens is 1. The van der Waals surface area contributed by atoms with E-state index in [2.05, 4.69) is 5.32 Å². The third kappa shape index (κ3) is 2.49. The lowest BCUT2D eigenvalue weighted by Gasteiger charge is -2.09. The van der Waals surface area contributed by atoms with Crippen molar-refractivity contribution >= 4 is 16.8 Å². The maximum Gasteiger partial charge on any atom is 0.268 e. The molecule has 0 spiro atoms. The Hall–Kier alpha value is -1.81. The van der Waals surface area contributed by atoms with E-state index in [1.165, 1.54) is 0 Å². The van der Waals surface area contributed by atoms with E-state index in [0.717, 1.165) is 28.7 Å². The number of hydrogen-bond acceptors (Lipinski definition) is 2. The Morgan fingerprint density at radius 1 is 1.37 bits per heavy atom. The zero-order valence-corrected chi connectivity index (χ0v) is 11.4. The summed E-state index contributed by atoms with van der Waals surface area (Å²) in [6.07, 6.45) is 0.580. The summed E-state index contributed by atoms with van der Waals surface area (Å²) in [5.74, 6) is -0.0657. The minimum Gasteiger partial charge on any atom is -0.396 e. The van der Waals surface area contributed by atoms with Crippen molar-refractivity contribution in [3.05, 3.63) is 35.5 Å². The van der Waals surface area contributed by atoms with Gasteiger partial charge in [0.25, 0.3) is 5.91 Å². The molecule has 0 aliphatic rings. The number of hydrogen-bond donors (Lipinski definition) is 2. The van der Waals surface area contributed by atoms with Crippen molar-refractivity contribution in [3.63, 3.8) is 0 Å². The predicted molar refractivity (Wildman–Crippen MR) is 76.4 cm³/mol. The van der Waals surface area contributed by atoms with Crippen LogP contribution in [-0.2, 0) is 6.54 Å². The molecule has 4 heteroatoms. The first-order valence-electron chi connectivity index (χ1n) is 6.67. The maximum absolute atomic E-state index is 12.3. The molecule has 0 fully saturated rings. The molecule has 2 rings (SSSR count). The summed E-state index contributed by atoms with van der Waals surface area (Å²) in [4.78, 5) is 12.3. The number of fused-ring (bicyclic) bond motifs is 1. The molecule has 1 heterocycles. The highest BCUT2D eigenvalue weighted by atomic mass is 16.3. The summed E-state index contributed by atoms with van der Waals surface area (Å²) in [6, 6.07) is 8.06. The quantitative estimate of drug-likeness (QED) is 0.809. The maximum atomic E-state index is 12.3. The van der Waals surface area contributed by atoms with Gasteiger partial charge in [0.15, 0.2) is 0 Å². The minimum atomic E-state index is -0.0657. The van der Waals surface area contributed by atoms with E-state index >= 15 is 0 Å². The first-order valence-corrected chi connectivity index (χ1v) is 6.67. The van der Waals surface area contributed by atoms with Crippen molar-refractivity contribution in [2.75, 3.05) is 13.2 Å². The van der Waals surface area contributed by atoms with Crippen molar-refractivity contribution in [3.8, 4) is 0 Å². The molecule has 0 aliphatic heterocycles. The number of aliphatic hydroxyl groups excluding tert-OH is 1. The van der Waals surface area contributed by atoms with E-state index in [9.17, 15) is 4.79 Å². The van der Waals surface area contributed by atoms with Crippen LogP contribution in [0.3, 0.4) is 0 Å². The Morgan fingerprint density at radius 3 is 2.79 bits per heavy atom. The molecule has 2 N–H and O–H groups in total. The molecule has 2 aromatic rings. The number of para-hydroxylation sites is 1. The summed E-state index contributed by atoms with van der Waals surface area (Å²) in [5.41, 5.74) is 2.83. The van der Waals surface area contributed by atoms with Crippen LogP contribution in [0.4, 0.5) is 0 Å². The molecule has 0 bridgehead atoms. The van der Waals surface area contributed by atoms with Gasteiger partial charge in [0, 0.05) is 30.6 Å². The molecule has 0 unspecified atom stereocenters. The minimum absolute atomic E-state index is 0.0657. The van der Waals surface area contributed by atoms with Crippen LogP contribution in [0.5, 0.6) is 0 Å². The van der Waals surface area contributed by atoms with Gasteiger partial charge in [-0.05, 0) is 31.9 Å². The molecule has 102 valence electrons. The number of rotatable bonds is 5. The van der Waals surface area contributed by atoms with Gasteiger partial charge in [-0.3, -0.25) is 4.79 Å². The third-order valence-electron chi connectivity index (χ3n) is 3.38. The molecule has 0 aliphatic carbocycles. The zero-order chi connectivity index (χ0) is 13.8. The van der Waals surface area contributed by atoms with E-state index in [1.54, 1.807) is 0 Å². The molecular weight excluding hydrogens is 240 g/mol. The normalized spacial score (nSPS) is 10.9. The van der Waals surface area contributed by atoms with Crippen LogP contribution < -0.4 is 5.32 Å². The van der Waals surface area contributed by atoms with Crippen molar-refractivity contribution in [1.82, 2.24) is 9.88 Å². The average molecular weight is 260 g/mol. The number of amides is 1. The van der Waals surface area contributed by atoms with Gasteiger partial charge >= 0.3 is 0 Å². The molecule has 0 saturated heterocycles. The highest BCUT2D eigenvalue weighted by molar-refractivity contribution is 6.01. The number of aryl methyl sites for hydroxylation is 2. The SMILES string of the molecule is CCn1c(C(=O)NCCCO)c(C)c2ccccc21. The highest BCUT2D eigenvalue weighted by Gasteiger charge is 2.18. The fourth-order valence-corrected chi connectivity index (χ4v) is 2.46. The second-order valence-electron chi connectivity index (χ2n) is 4.57. The predicted octanol–water partition coefficient (Wildman–Crippen LogP) is 2.08. The van der Waals surface area contributed by atoms with Crippen LogP contribution >= 0.6 is 0 Å². The summed E-state index contributed by atoms with van der Waals surface area (Å²) >= 11 is 0. The summed E-state index contributed by atoms with van der Waals surface area (Å²) in [7, 11) is 0. The van der Waals surface area contributed by atoms with Gasteiger partial charge in [-0.1, -0.05) is 18.2 Å². The van der Waals surface area contributed by atoms with Crippen LogP contribution in [0.15, 0.2) is 24.3 Å². The number of benzene rings is 1. The van der Waals surface area contributed by atoms with E-state index in [-0.39, 0.29) is 12.5 Å². The van der Waals surface area contributed by atoms with Gasteiger partial charge in [0.05, 0.1) is 0 Å². The molecule has 1 amide bonds. The van der Waals surface area contributed by atoms with Gasteiger partial charge in [0.1, 0.15) is 5.69 Å². The average Bonchev–Trinajstić information content (AvgIpc) is 2.72. The van der Waals surface area contributed by atoms with Crippen LogP contribution in [-0.4, -0.2) is 28.7 Å². The Morgan fingerprint density at radius 2 is 2.11 bits per heavy atom. The number of aliphatic hydroxyl groups is 1. The molecule has 0 atom stereocenters. The topological polar surface area (TPSA) is 54.3 Å². The Kier molecular flexibility index (Phi) is 4.22. The van der Waals surface area contributed by atoms with Gasteiger partial charge < -0.3 is 15.0 Å². The number of nitrogens with zero attached hydrogens (tertiary/aromatic N) is 1. The summed E-state index contributed by atoms with van der Waals surface area (Å²) in [5, 5.41) is 12.7. The smallest absolute Gasteiger partial charge is 0.268 e. The van der Waals surface area contributed by atoms with E-state index < -0.39 is 0 Å². The molecule has 19 heavy (non-hydrogen) atoms. The molecule has 0 saturated carbocycles. The molecule has 4 nitrogen and oxygen atoms in total. The van der Waals surface area contributed by atoms with Gasteiger partial charge in [-0.15, -0.1) is 0 Å². The second-order valence-corrected chi connectivity index (χ2v) is 4.57. The summed E-state index contributed by atoms with van der Waals surface area (Å²) in [6.45, 7) is 5.37. The highest BCUT2D eigenvalue weighted by Crippen LogP contribution is 2.25. The molecular formula is C15H20N2O2. The number of carbonyl (C=O) groups is 1. The van der Waals surface area contributed by atoms with Crippen LogP contribution in [0.2, 0.25) is 0 Å². The van der Waals surface area contributed by atoms with Crippen molar-refractivity contribution in [2.45, 2.75) is 26.8 Å². The van der Waals surface area contributed by atoms with Crippen LogP contribution in [0, 0.1) is 6.92 Å². The second kappa shape index (κ2) is 5.89. The lowest BCUT2D eigenvalue weighted by molar-refractivity contribution is 0.0942. The Bertz CT molecular complexity index is 587. The van der Waals surface area contributed by atoms with Crippen molar-refractivity contribution < 1.29 is 9.90 Å². The number of carbonyl (C=O) groups excluding carboxylic acids is 1. The Balaban J connectivity index is 2.41. The first-order chi connectivity index (χ1) is 9.20.